The van der Waals surface area contributed by atoms with Crippen LogP contribution >= 0.6 is 0 Å². The van der Waals surface area contributed by atoms with Gasteiger partial charge in [0.05, 0.1) is 23.6 Å². The van der Waals surface area contributed by atoms with Crippen LogP contribution in [0.1, 0.15) is 0 Å². The smallest absolute Gasteiger partial charge is 0.422 e. The van der Waals surface area contributed by atoms with Crippen molar-refractivity contribution in [3.63, 3.8) is 0 Å². The number of imidazole rings is 1. The molecule has 4 rings (SSSR count). The number of anilines is 1. The van der Waals surface area contributed by atoms with Crippen LogP contribution in [0.3, 0.4) is 0 Å². The van der Waals surface area contributed by atoms with Gasteiger partial charge in [-0.3, -0.25) is 4.40 Å². The average Bonchev–Trinajstić information content (AvgIpc) is 3.26. The Hall–Kier alpha value is -2.88. The molecule has 2 atom stereocenters. The lowest BCUT2D eigenvalue weighted by molar-refractivity contribution is -0.153. The summed E-state index contributed by atoms with van der Waals surface area (Å²) in [6.45, 7) is -0.537. The maximum absolute atomic E-state index is 13.8. The summed E-state index contributed by atoms with van der Waals surface area (Å²) < 4.78 is 57.1. The van der Waals surface area contributed by atoms with Crippen molar-refractivity contribution < 1.29 is 22.3 Å². The molecule has 1 fully saturated rings. The molecule has 0 saturated carbocycles. The Morgan fingerprint density at radius 1 is 1.25 bits per heavy atom. The number of nitrogens with zero attached hydrogens (tertiary/aromatic N) is 3. The fraction of sp³-hybridized carbons (Fsp3) is 0.333. The van der Waals surface area contributed by atoms with E-state index in [1.54, 1.807) is 35.0 Å². The largest absolute Gasteiger partial charge is 0.484 e. The van der Waals surface area contributed by atoms with E-state index in [1.807, 2.05) is 0 Å². The molecule has 2 N–H and O–H groups in total. The highest BCUT2D eigenvalue weighted by Crippen LogP contribution is 2.24. The Morgan fingerprint density at radius 3 is 2.86 bits per heavy atom. The molecule has 0 unspecified atom stereocenters. The van der Waals surface area contributed by atoms with Crippen molar-refractivity contribution in [2.45, 2.75) is 18.4 Å². The van der Waals surface area contributed by atoms with Crippen LogP contribution in [0.15, 0.2) is 42.7 Å². The molecule has 0 aliphatic carbocycles. The van der Waals surface area contributed by atoms with Crippen LogP contribution in [-0.2, 0) is 0 Å². The number of alkyl halides is 4. The number of hydrogen-bond donors (Lipinski definition) is 2. The number of pyridine rings is 2. The number of aromatic nitrogens is 3. The molecule has 0 bridgehead atoms. The zero-order valence-corrected chi connectivity index (χ0v) is 14.6. The third-order valence-electron chi connectivity index (χ3n) is 4.37. The maximum Gasteiger partial charge on any atom is 0.422 e. The molecule has 0 radical (unpaired) electrons. The van der Waals surface area contributed by atoms with E-state index in [9.17, 15) is 17.6 Å². The zero-order chi connectivity index (χ0) is 19.7. The van der Waals surface area contributed by atoms with Crippen LogP contribution in [0.25, 0.3) is 17.0 Å². The minimum atomic E-state index is -4.41. The molecule has 1 aliphatic heterocycles. The van der Waals surface area contributed by atoms with Crippen molar-refractivity contribution >= 4 is 11.5 Å². The molecular formula is C18H17F4N5O. The third kappa shape index (κ3) is 4.01. The first-order valence-corrected chi connectivity index (χ1v) is 8.64. The predicted molar refractivity (Wildman–Crippen MR) is 95.1 cm³/mol. The van der Waals surface area contributed by atoms with Gasteiger partial charge in [0, 0.05) is 25.4 Å². The van der Waals surface area contributed by atoms with Crippen LogP contribution in [0, 0.1) is 0 Å². The minimum Gasteiger partial charge on any atom is -0.484 e. The van der Waals surface area contributed by atoms with Gasteiger partial charge in [0.2, 0.25) is 0 Å². The molecule has 1 aliphatic rings. The summed E-state index contributed by atoms with van der Waals surface area (Å²) in [5.41, 5.74) is 1.68. The molecule has 3 aromatic heterocycles. The topological polar surface area (TPSA) is 63.5 Å². The number of fused-ring (bicyclic) bond motifs is 1. The third-order valence-corrected chi connectivity index (χ3v) is 4.37. The maximum atomic E-state index is 13.8. The summed E-state index contributed by atoms with van der Waals surface area (Å²) in [7, 11) is 0. The molecule has 0 spiro atoms. The van der Waals surface area contributed by atoms with Crippen molar-refractivity contribution in [3.8, 4) is 17.1 Å². The molecule has 6 nitrogen and oxygen atoms in total. The van der Waals surface area contributed by atoms with E-state index in [2.05, 4.69) is 20.6 Å². The zero-order valence-electron chi connectivity index (χ0n) is 14.6. The fourth-order valence-corrected chi connectivity index (χ4v) is 3.04. The number of rotatable bonds is 5. The SMILES string of the molecule is F[C@H]1CNC[C@@H]1Nc1cccc(-c2cnc3cc(OCC(F)(F)F)ccn23)n1. The molecule has 1 saturated heterocycles. The van der Waals surface area contributed by atoms with E-state index in [0.717, 1.165) is 0 Å². The molecule has 3 aromatic rings. The Kier molecular flexibility index (Phi) is 4.80. The summed E-state index contributed by atoms with van der Waals surface area (Å²) in [6, 6.07) is 7.83. The van der Waals surface area contributed by atoms with E-state index >= 15 is 0 Å². The summed E-state index contributed by atoms with van der Waals surface area (Å²) >= 11 is 0. The molecule has 28 heavy (non-hydrogen) atoms. The van der Waals surface area contributed by atoms with Crippen LogP contribution in [0.4, 0.5) is 23.4 Å². The van der Waals surface area contributed by atoms with Gasteiger partial charge < -0.3 is 15.4 Å². The van der Waals surface area contributed by atoms with Crippen LogP contribution in [0.5, 0.6) is 5.75 Å². The van der Waals surface area contributed by atoms with Crippen molar-refractivity contribution in [1.29, 1.82) is 0 Å². The van der Waals surface area contributed by atoms with Gasteiger partial charge in [-0.2, -0.15) is 13.2 Å². The highest BCUT2D eigenvalue weighted by Gasteiger charge is 2.28. The van der Waals surface area contributed by atoms with E-state index in [1.165, 1.54) is 12.1 Å². The fourth-order valence-electron chi connectivity index (χ4n) is 3.04. The first-order valence-electron chi connectivity index (χ1n) is 8.64. The van der Waals surface area contributed by atoms with Gasteiger partial charge in [0.15, 0.2) is 6.61 Å². The van der Waals surface area contributed by atoms with E-state index in [0.29, 0.717) is 35.9 Å². The number of hydrogen-bond acceptors (Lipinski definition) is 5. The Balaban J connectivity index is 1.56. The van der Waals surface area contributed by atoms with Gasteiger partial charge in [-0.1, -0.05) is 6.07 Å². The molecule has 10 heteroatoms. The van der Waals surface area contributed by atoms with Crippen molar-refractivity contribution in [2.75, 3.05) is 25.0 Å². The predicted octanol–water partition coefficient (Wildman–Crippen LogP) is 3.06. The number of ether oxygens (including phenoxy) is 1. The van der Waals surface area contributed by atoms with Crippen LogP contribution in [-0.4, -0.2) is 52.5 Å². The van der Waals surface area contributed by atoms with Crippen molar-refractivity contribution in [3.05, 3.63) is 42.7 Å². The molecule has 4 heterocycles. The molecule has 0 amide bonds. The minimum absolute atomic E-state index is 0.0769. The molecule has 148 valence electrons. The number of nitrogens with one attached hydrogen (secondary N) is 2. The number of halogens is 4. The lowest BCUT2D eigenvalue weighted by Crippen LogP contribution is -2.29. The summed E-state index contributed by atoms with van der Waals surface area (Å²) in [6.07, 6.45) is -2.25. The summed E-state index contributed by atoms with van der Waals surface area (Å²) in [5.74, 6) is 0.613. The summed E-state index contributed by atoms with van der Waals surface area (Å²) in [5, 5.41) is 6.05. The van der Waals surface area contributed by atoms with E-state index in [4.69, 9.17) is 4.74 Å². The molecule has 0 aromatic carbocycles. The van der Waals surface area contributed by atoms with Crippen LogP contribution < -0.4 is 15.4 Å². The summed E-state index contributed by atoms with van der Waals surface area (Å²) in [4.78, 5) is 8.72. The standard InChI is InChI=1S/C18H17F4N5O/c19-12-7-23-8-14(12)26-16-3-1-2-13(25-16)15-9-24-17-6-11(4-5-27(15)17)28-10-18(20,21)22/h1-6,9,12,14,23H,7-8,10H2,(H,25,26)/t12-,14-/m0/s1. The van der Waals surface area contributed by atoms with Gasteiger partial charge in [0.25, 0.3) is 0 Å². The lowest BCUT2D eigenvalue weighted by atomic mass is 10.2. The van der Waals surface area contributed by atoms with Gasteiger partial charge in [0.1, 0.15) is 23.4 Å². The Bertz CT molecular complexity index is 974. The quantitative estimate of drug-likeness (QED) is 0.651. The monoisotopic (exact) mass is 395 g/mol. The van der Waals surface area contributed by atoms with Crippen molar-refractivity contribution in [1.82, 2.24) is 19.7 Å². The first-order chi connectivity index (χ1) is 13.4. The average molecular weight is 395 g/mol. The van der Waals surface area contributed by atoms with Crippen LogP contribution in [0.2, 0.25) is 0 Å². The van der Waals surface area contributed by atoms with Gasteiger partial charge in [-0.15, -0.1) is 0 Å². The lowest BCUT2D eigenvalue weighted by Gasteiger charge is -2.15. The molecular weight excluding hydrogens is 378 g/mol. The normalized spacial score (nSPS) is 19.9. The second-order valence-corrected chi connectivity index (χ2v) is 6.47. The van der Waals surface area contributed by atoms with Gasteiger partial charge in [-0.25, -0.2) is 14.4 Å². The van der Waals surface area contributed by atoms with E-state index in [-0.39, 0.29) is 11.8 Å². The van der Waals surface area contributed by atoms with Gasteiger partial charge in [-0.05, 0) is 18.2 Å². The Morgan fingerprint density at radius 2 is 2.11 bits per heavy atom. The van der Waals surface area contributed by atoms with E-state index < -0.39 is 19.0 Å². The Labute approximate surface area is 157 Å². The van der Waals surface area contributed by atoms with Crippen molar-refractivity contribution in [2.24, 2.45) is 0 Å². The second kappa shape index (κ2) is 7.27. The van der Waals surface area contributed by atoms with Gasteiger partial charge >= 0.3 is 6.18 Å². The highest BCUT2D eigenvalue weighted by atomic mass is 19.4. The highest BCUT2D eigenvalue weighted by molar-refractivity contribution is 5.63. The second-order valence-electron chi connectivity index (χ2n) is 6.47. The first kappa shape index (κ1) is 18.5.